The summed E-state index contributed by atoms with van der Waals surface area (Å²) in [7, 11) is 0. The van der Waals surface area contributed by atoms with Gasteiger partial charge in [-0.1, -0.05) is 13.3 Å². The summed E-state index contributed by atoms with van der Waals surface area (Å²) in [5, 5.41) is 6.93. The Morgan fingerprint density at radius 1 is 1.53 bits per heavy atom. The lowest BCUT2D eigenvalue weighted by atomic mass is 10.1. The fourth-order valence-corrected chi connectivity index (χ4v) is 1.65. The summed E-state index contributed by atoms with van der Waals surface area (Å²) >= 11 is 0. The summed E-state index contributed by atoms with van der Waals surface area (Å²) in [6, 6.07) is 1.98. The van der Waals surface area contributed by atoms with Crippen molar-refractivity contribution in [1.82, 2.24) is 10.2 Å². The summed E-state index contributed by atoms with van der Waals surface area (Å²) in [5.41, 5.74) is 8.84. The van der Waals surface area contributed by atoms with Crippen molar-refractivity contribution in [3.8, 4) is 11.5 Å². The molecule has 0 bridgehead atoms. The molecule has 4 heteroatoms. The molecular weight excluding hydrogens is 190 g/mol. The van der Waals surface area contributed by atoms with Crippen molar-refractivity contribution in [3.63, 3.8) is 0 Å². The molecule has 0 saturated carbocycles. The summed E-state index contributed by atoms with van der Waals surface area (Å²) in [5.74, 6) is 1.38. The first kappa shape index (κ1) is 9.83. The number of nitrogens with zero attached hydrogens (tertiary/aromatic N) is 1. The van der Waals surface area contributed by atoms with Crippen LogP contribution in [0.3, 0.4) is 0 Å². The number of aryl methyl sites for hydroxylation is 1. The zero-order valence-electron chi connectivity index (χ0n) is 9.00. The maximum absolute atomic E-state index is 5.79. The van der Waals surface area contributed by atoms with Crippen LogP contribution in [0.1, 0.15) is 24.5 Å². The number of rotatable bonds is 3. The first-order valence-corrected chi connectivity index (χ1v) is 5.10. The number of nitrogen functional groups attached to an aromatic ring is 1. The van der Waals surface area contributed by atoms with Crippen molar-refractivity contribution in [2.75, 3.05) is 5.73 Å². The van der Waals surface area contributed by atoms with Crippen LogP contribution in [0.4, 0.5) is 5.82 Å². The maximum atomic E-state index is 5.79. The van der Waals surface area contributed by atoms with Crippen LogP contribution in [-0.2, 0) is 6.42 Å². The molecule has 0 atom stereocenters. The van der Waals surface area contributed by atoms with Crippen LogP contribution in [0.15, 0.2) is 16.7 Å². The third-order valence-electron chi connectivity index (χ3n) is 2.38. The number of hydrogen-bond acceptors (Lipinski definition) is 3. The van der Waals surface area contributed by atoms with Crippen molar-refractivity contribution < 1.29 is 4.42 Å². The highest BCUT2D eigenvalue weighted by Crippen LogP contribution is 2.27. The molecule has 0 aliphatic carbocycles. The minimum Gasteiger partial charge on any atom is -0.462 e. The Bertz CT molecular complexity index is 456. The van der Waals surface area contributed by atoms with Crippen molar-refractivity contribution in [3.05, 3.63) is 23.5 Å². The molecule has 0 aromatic carbocycles. The van der Waals surface area contributed by atoms with Crippen LogP contribution in [0.5, 0.6) is 0 Å². The zero-order chi connectivity index (χ0) is 10.8. The topological polar surface area (TPSA) is 67.8 Å². The smallest absolute Gasteiger partial charge is 0.152 e. The molecule has 0 amide bonds. The first-order valence-electron chi connectivity index (χ1n) is 5.10. The Labute approximate surface area is 88.5 Å². The van der Waals surface area contributed by atoms with E-state index in [9.17, 15) is 0 Å². The molecule has 2 rings (SSSR count). The van der Waals surface area contributed by atoms with E-state index in [4.69, 9.17) is 10.2 Å². The van der Waals surface area contributed by atoms with Gasteiger partial charge in [-0.2, -0.15) is 5.10 Å². The fraction of sp³-hybridized carbons (Fsp3) is 0.364. The van der Waals surface area contributed by atoms with Gasteiger partial charge in [0.25, 0.3) is 0 Å². The third-order valence-corrected chi connectivity index (χ3v) is 2.38. The second-order valence-corrected chi connectivity index (χ2v) is 3.70. The van der Waals surface area contributed by atoms with Crippen molar-refractivity contribution in [2.45, 2.75) is 26.7 Å². The maximum Gasteiger partial charge on any atom is 0.152 e. The van der Waals surface area contributed by atoms with Crippen LogP contribution in [0.2, 0.25) is 0 Å². The summed E-state index contributed by atoms with van der Waals surface area (Å²) in [4.78, 5) is 0. The fourth-order valence-electron chi connectivity index (χ4n) is 1.65. The summed E-state index contributed by atoms with van der Waals surface area (Å²) in [6.45, 7) is 4.11. The molecule has 0 unspecified atom stereocenters. The van der Waals surface area contributed by atoms with Gasteiger partial charge in [0, 0.05) is 5.56 Å². The van der Waals surface area contributed by atoms with E-state index in [1.165, 1.54) is 0 Å². The molecule has 3 N–H and O–H groups in total. The van der Waals surface area contributed by atoms with E-state index in [2.05, 4.69) is 17.1 Å². The quantitative estimate of drug-likeness (QED) is 0.809. The third kappa shape index (κ3) is 1.75. The minimum atomic E-state index is 0.570. The molecule has 0 fully saturated rings. The molecule has 15 heavy (non-hydrogen) atoms. The molecule has 0 spiro atoms. The average molecular weight is 205 g/mol. The number of H-pyrrole nitrogens is 1. The van der Waals surface area contributed by atoms with E-state index in [0.29, 0.717) is 5.82 Å². The number of furan rings is 1. The van der Waals surface area contributed by atoms with Gasteiger partial charge in [-0.25, -0.2) is 0 Å². The molecular formula is C11H15N3O. The summed E-state index contributed by atoms with van der Waals surface area (Å²) in [6.07, 6.45) is 3.68. The molecule has 2 aromatic rings. The molecule has 2 heterocycles. The highest BCUT2D eigenvalue weighted by Gasteiger charge is 2.14. The molecule has 80 valence electrons. The van der Waals surface area contributed by atoms with Crippen molar-refractivity contribution in [2.24, 2.45) is 0 Å². The van der Waals surface area contributed by atoms with Gasteiger partial charge < -0.3 is 10.2 Å². The van der Waals surface area contributed by atoms with Gasteiger partial charge in [0.15, 0.2) is 5.76 Å². The van der Waals surface area contributed by atoms with E-state index < -0.39 is 0 Å². The Hall–Kier alpha value is -1.71. The van der Waals surface area contributed by atoms with Crippen LogP contribution < -0.4 is 5.73 Å². The number of aromatic nitrogens is 2. The van der Waals surface area contributed by atoms with Crippen molar-refractivity contribution in [1.29, 1.82) is 0 Å². The van der Waals surface area contributed by atoms with E-state index in [1.807, 2.05) is 13.0 Å². The predicted octanol–water partition coefficient (Wildman–Crippen LogP) is 2.51. The van der Waals surface area contributed by atoms with Gasteiger partial charge in [0.05, 0.1) is 6.26 Å². The molecule has 0 aliphatic heterocycles. The van der Waals surface area contributed by atoms with Gasteiger partial charge in [-0.3, -0.25) is 5.10 Å². The predicted molar refractivity (Wildman–Crippen MR) is 59.4 cm³/mol. The normalized spacial score (nSPS) is 10.8. The van der Waals surface area contributed by atoms with Crippen molar-refractivity contribution >= 4 is 5.82 Å². The van der Waals surface area contributed by atoms with E-state index in [-0.39, 0.29) is 0 Å². The Morgan fingerprint density at radius 2 is 2.33 bits per heavy atom. The van der Waals surface area contributed by atoms with Gasteiger partial charge in [0.2, 0.25) is 0 Å². The van der Waals surface area contributed by atoms with E-state index in [0.717, 1.165) is 35.4 Å². The lowest BCUT2D eigenvalue weighted by molar-refractivity contribution is 0.577. The second kappa shape index (κ2) is 3.81. The highest BCUT2D eigenvalue weighted by molar-refractivity contribution is 5.64. The monoisotopic (exact) mass is 205 g/mol. The lowest BCUT2D eigenvalue weighted by Crippen LogP contribution is -1.92. The van der Waals surface area contributed by atoms with Crippen LogP contribution in [-0.4, -0.2) is 10.2 Å². The summed E-state index contributed by atoms with van der Waals surface area (Å²) < 4.78 is 5.42. The van der Waals surface area contributed by atoms with Crippen LogP contribution >= 0.6 is 0 Å². The van der Waals surface area contributed by atoms with Gasteiger partial charge in [-0.15, -0.1) is 0 Å². The average Bonchev–Trinajstić information content (AvgIpc) is 2.76. The molecule has 0 radical (unpaired) electrons. The number of hydrogen-bond donors (Lipinski definition) is 2. The van der Waals surface area contributed by atoms with Gasteiger partial charge in [0.1, 0.15) is 11.5 Å². The molecule has 0 aliphatic rings. The molecule has 0 saturated heterocycles. The van der Waals surface area contributed by atoms with Crippen LogP contribution in [0, 0.1) is 6.92 Å². The molecule has 4 nitrogen and oxygen atoms in total. The second-order valence-electron chi connectivity index (χ2n) is 3.70. The minimum absolute atomic E-state index is 0.570. The van der Waals surface area contributed by atoms with E-state index >= 15 is 0 Å². The van der Waals surface area contributed by atoms with Gasteiger partial charge >= 0.3 is 0 Å². The Morgan fingerprint density at radius 3 is 2.93 bits per heavy atom. The Kier molecular flexibility index (Phi) is 2.49. The SMILES string of the molecule is CCCc1c(N)n[nH]c1-c1cc(C)co1. The number of anilines is 1. The Balaban J connectivity index is 2.43. The zero-order valence-corrected chi connectivity index (χ0v) is 9.00. The van der Waals surface area contributed by atoms with Crippen LogP contribution in [0.25, 0.3) is 11.5 Å². The standard InChI is InChI=1S/C11H15N3O/c1-3-4-8-10(13-14-11(8)12)9-5-7(2)6-15-9/h5-6H,3-4H2,1-2H3,(H3,12,13,14). The number of nitrogens with one attached hydrogen (secondary N) is 1. The lowest BCUT2D eigenvalue weighted by Gasteiger charge is -1.98. The molecule has 2 aromatic heterocycles. The van der Waals surface area contributed by atoms with E-state index in [1.54, 1.807) is 6.26 Å². The largest absolute Gasteiger partial charge is 0.462 e. The highest BCUT2D eigenvalue weighted by atomic mass is 16.3. The number of aromatic amines is 1. The van der Waals surface area contributed by atoms with Gasteiger partial charge in [-0.05, 0) is 25.0 Å². The first-order chi connectivity index (χ1) is 7.22. The number of nitrogens with two attached hydrogens (primary N) is 1.